The van der Waals surface area contributed by atoms with Crippen LogP contribution >= 0.6 is 0 Å². The molecule has 3 heteroatoms. The van der Waals surface area contributed by atoms with Crippen molar-refractivity contribution in [3.63, 3.8) is 0 Å². The number of hydrogen-bond donors (Lipinski definition) is 0. The standard InChI is InChI=1S/C18H27NO2/c1-3-5-15-7-9-17(10-8-15)18(20)13-19(2)12-16-6-4-11-21-14-16/h7-10,16H,3-6,11-14H2,1-2H3. The summed E-state index contributed by atoms with van der Waals surface area (Å²) in [5, 5.41) is 0. The van der Waals surface area contributed by atoms with Gasteiger partial charge in [-0.3, -0.25) is 9.69 Å². The van der Waals surface area contributed by atoms with Gasteiger partial charge in [0.1, 0.15) is 0 Å². The normalized spacial score (nSPS) is 18.9. The van der Waals surface area contributed by atoms with Gasteiger partial charge in [-0.2, -0.15) is 0 Å². The molecule has 1 aromatic carbocycles. The van der Waals surface area contributed by atoms with Crippen molar-refractivity contribution in [2.24, 2.45) is 5.92 Å². The number of hydrogen-bond acceptors (Lipinski definition) is 3. The Morgan fingerprint density at radius 2 is 2.10 bits per heavy atom. The van der Waals surface area contributed by atoms with Crippen molar-refractivity contribution in [3.05, 3.63) is 35.4 Å². The molecule has 3 nitrogen and oxygen atoms in total. The molecule has 0 radical (unpaired) electrons. The van der Waals surface area contributed by atoms with Gasteiger partial charge in [-0.15, -0.1) is 0 Å². The highest BCUT2D eigenvalue weighted by atomic mass is 16.5. The third kappa shape index (κ3) is 5.25. The van der Waals surface area contributed by atoms with Gasteiger partial charge in [-0.1, -0.05) is 37.6 Å². The smallest absolute Gasteiger partial charge is 0.176 e. The second-order valence-electron chi connectivity index (χ2n) is 6.15. The van der Waals surface area contributed by atoms with E-state index in [0.717, 1.165) is 44.6 Å². The lowest BCUT2D eigenvalue weighted by atomic mass is 10.0. The molecule has 2 rings (SSSR count). The summed E-state index contributed by atoms with van der Waals surface area (Å²) in [4.78, 5) is 14.4. The Bertz CT molecular complexity index is 435. The topological polar surface area (TPSA) is 29.5 Å². The molecule has 116 valence electrons. The van der Waals surface area contributed by atoms with Gasteiger partial charge in [0.2, 0.25) is 0 Å². The van der Waals surface area contributed by atoms with Crippen molar-refractivity contribution in [2.75, 3.05) is 33.4 Å². The lowest BCUT2D eigenvalue weighted by Gasteiger charge is -2.26. The van der Waals surface area contributed by atoms with E-state index >= 15 is 0 Å². The fourth-order valence-electron chi connectivity index (χ4n) is 2.94. The lowest BCUT2D eigenvalue weighted by molar-refractivity contribution is 0.0416. The number of likely N-dealkylation sites (N-methyl/N-ethyl adjacent to an activating group) is 1. The van der Waals surface area contributed by atoms with Gasteiger partial charge < -0.3 is 4.74 Å². The van der Waals surface area contributed by atoms with Crippen LogP contribution in [0.2, 0.25) is 0 Å². The second kappa shape index (κ2) is 8.30. The molecular weight excluding hydrogens is 262 g/mol. The molecule has 1 saturated heterocycles. The van der Waals surface area contributed by atoms with Gasteiger partial charge >= 0.3 is 0 Å². The fourth-order valence-corrected chi connectivity index (χ4v) is 2.94. The number of benzene rings is 1. The zero-order chi connectivity index (χ0) is 15.1. The van der Waals surface area contributed by atoms with Gasteiger partial charge in [0.25, 0.3) is 0 Å². The molecule has 1 unspecified atom stereocenters. The van der Waals surface area contributed by atoms with E-state index in [4.69, 9.17) is 4.74 Å². The van der Waals surface area contributed by atoms with Crippen LogP contribution in [0.3, 0.4) is 0 Å². The predicted molar refractivity (Wildman–Crippen MR) is 85.8 cm³/mol. The Balaban J connectivity index is 1.82. The molecule has 1 aliphatic rings. The summed E-state index contributed by atoms with van der Waals surface area (Å²) in [6.45, 7) is 5.33. The molecule has 0 N–H and O–H groups in total. The van der Waals surface area contributed by atoms with E-state index in [1.54, 1.807) is 0 Å². The number of nitrogens with zero attached hydrogens (tertiary/aromatic N) is 1. The maximum absolute atomic E-state index is 12.3. The monoisotopic (exact) mass is 289 g/mol. The summed E-state index contributed by atoms with van der Waals surface area (Å²) in [5.74, 6) is 0.778. The predicted octanol–water partition coefficient (Wildman–Crippen LogP) is 3.18. The highest BCUT2D eigenvalue weighted by Gasteiger charge is 2.17. The first-order valence-corrected chi connectivity index (χ1v) is 8.07. The Morgan fingerprint density at radius 3 is 2.71 bits per heavy atom. The number of rotatable bonds is 7. The molecule has 1 atom stereocenters. The summed E-state index contributed by atoms with van der Waals surface area (Å²) in [6, 6.07) is 8.08. The van der Waals surface area contributed by atoms with Crippen LogP contribution in [0, 0.1) is 5.92 Å². The number of aryl methyl sites for hydroxylation is 1. The van der Waals surface area contributed by atoms with Crippen molar-refractivity contribution in [1.29, 1.82) is 0 Å². The SMILES string of the molecule is CCCc1ccc(C(=O)CN(C)CC2CCCOC2)cc1. The van der Waals surface area contributed by atoms with Crippen LogP contribution in [0.15, 0.2) is 24.3 Å². The molecule has 0 saturated carbocycles. The molecule has 0 aliphatic carbocycles. The number of carbonyl (C=O) groups is 1. The van der Waals surface area contributed by atoms with Crippen LogP contribution < -0.4 is 0 Å². The summed E-state index contributed by atoms with van der Waals surface area (Å²) >= 11 is 0. The summed E-state index contributed by atoms with van der Waals surface area (Å²) < 4.78 is 5.50. The zero-order valence-electron chi connectivity index (χ0n) is 13.3. The summed E-state index contributed by atoms with van der Waals surface area (Å²) in [5.41, 5.74) is 2.13. The molecule has 21 heavy (non-hydrogen) atoms. The summed E-state index contributed by atoms with van der Waals surface area (Å²) in [7, 11) is 2.03. The second-order valence-corrected chi connectivity index (χ2v) is 6.15. The molecule has 0 amide bonds. The minimum atomic E-state index is 0.206. The van der Waals surface area contributed by atoms with E-state index in [9.17, 15) is 4.79 Å². The number of ether oxygens (including phenoxy) is 1. The Kier molecular flexibility index (Phi) is 6.40. The maximum Gasteiger partial charge on any atom is 0.176 e. The minimum absolute atomic E-state index is 0.206. The van der Waals surface area contributed by atoms with Crippen LogP contribution in [0.25, 0.3) is 0 Å². The molecule has 0 spiro atoms. The van der Waals surface area contributed by atoms with Gasteiger partial charge in [0, 0.05) is 18.7 Å². The Labute approximate surface area is 128 Å². The van der Waals surface area contributed by atoms with Crippen LogP contribution in [0.4, 0.5) is 0 Å². The van der Waals surface area contributed by atoms with Gasteiger partial charge in [-0.05, 0) is 37.8 Å². The van der Waals surface area contributed by atoms with Crippen LogP contribution in [0.5, 0.6) is 0 Å². The largest absolute Gasteiger partial charge is 0.381 e. The third-order valence-corrected chi connectivity index (χ3v) is 4.05. The first-order chi connectivity index (χ1) is 10.2. The third-order valence-electron chi connectivity index (χ3n) is 4.05. The van der Waals surface area contributed by atoms with Gasteiger partial charge in [-0.25, -0.2) is 0 Å². The van der Waals surface area contributed by atoms with E-state index in [-0.39, 0.29) is 5.78 Å². The van der Waals surface area contributed by atoms with E-state index in [1.165, 1.54) is 12.0 Å². The number of carbonyl (C=O) groups excluding carboxylic acids is 1. The van der Waals surface area contributed by atoms with Crippen molar-refractivity contribution in [1.82, 2.24) is 4.90 Å². The highest BCUT2D eigenvalue weighted by Crippen LogP contribution is 2.15. The van der Waals surface area contributed by atoms with E-state index in [1.807, 2.05) is 19.2 Å². The Hall–Kier alpha value is -1.19. The van der Waals surface area contributed by atoms with E-state index in [2.05, 4.69) is 24.0 Å². The van der Waals surface area contributed by atoms with E-state index < -0.39 is 0 Å². The lowest BCUT2D eigenvalue weighted by Crippen LogP contribution is -2.34. The first kappa shape index (κ1) is 16.2. The molecule has 1 aromatic rings. The Morgan fingerprint density at radius 1 is 1.33 bits per heavy atom. The minimum Gasteiger partial charge on any atom is -0.381 e. The number of ketones is 1. The van der Waals surface area contributed by atoms with Crippen LogP contribution in [0.1, 0.15) is 42.1 Å². The quantitative estimate of drug-likeness (QED) is 0.722. The van der Waals surface area contributed by atoms with Crippen molar-refractivity contribution in [3.8, 4) is 0 Å². The van der Waals surface area contributed by atoms with Gasteiger partial charge in [0.15, 0.2) is 5.78 Å². The summed E-state index contributed by atoms with van der Waals surface area (Å²) in [6.07, 6.45) is 4.57. The van der Waals surface area contributed by atoms with Crippen molar-refractivity contribution >= 4 is 5.78 Å². The molecule has 0 aromatic heterocycles. The number of Topliss-reactive ketones (excluding diaryl/α,β-unsaturated/α-hetero) is 1. The van der Waals surface area contributed by atoms with E-state index in [0.29, 0.717) is 12.5 Å². The highest BCUT2D eigenvalue weighted by molar-refractivity contribution is 5.97. The molecule has 1 heterocycles. The van der Waals surface area contributed by atoms with Crippen molar-refractivity contribution < 1.29 is 9.53 Å². The van der Waals surface area contributed by atoms with Crippen LogP contribution in [-0.4, -0.2) is 44.0 Å². The average Bonchev–Trinajstić information content (AvgIpc) is 2.49. The fraction of sp³-hybridized carbons (Fsp3) is 0.611. The van der Waals surface area contributed by atoms with Gasteiger partial charge in [0.05, 0.1) is 13.2 Å². The van der Waals surface area contributed by atoms with Crippen LogP contribution in [-0.2, 0) is 11.2 Å². The van der Waals surface area contributed by atoms with Crippen molar-refractivity contribution in [2.45, 2.75) is 32.6 Å². The first-order valence-electron chi connectivity index (χ1n) is 8.07. The molecule has 1 fully saturated rings. The molecule has 1 aliphatic heterocycles. The molecular formula is C18H27NO2. The molecule has 0 bridgehead atoms. The zero-order valence-corrected chi connectivity index (χ0v) is 13.3. The maximum atomic E-state index is 12.3. The average molecular weight is 289 g/mol.